The van der Waals surface area contributed by atoms with E-state index in [1.54, 1.807) is 0 Å². The third kappa shape index (κ3) is 3.37. The quantitative estimate of drug-likeness (QED) is 0.200. The molecule has 2 heteroatoms. The summed E-state index contributed by atoms with van der Waals surface area (Å²) in [4.78, 5) is 12.9. The number of hydrogen-bond acceptors (Lipinski definition) is 2. The molecule has 0 spiro atoms. The minimum Gasteiger partial charge on any atom is -0.459 e. The molecule has 4 rings (SSSR count). The van der Waals surface area contributed by atoms with E-state index < -0.39 is 0 Å². The third-order valence-corrected chi connectivity index (χ3v) is 5.52. The van der Waals surface area contributed by atoms with E-state index >= 15 is 0 Å². The van der Waals surface area contributed by atoms with E-state index in [9.17, 15) is 4.79 Å². The molecule has 0 aliphatic heterocycles. The van der Waals surface area contributed by atoms with E-state index in [2.05, 4.69) is 49.4 Å². The van der Waals surface area contributed by atoms with Crippen LogP contribution in [0.4, 0.5) is 0 Å². The van der Waals surface area contributed by atoms with Crippen molar-refractivity contribution < 1.29 is 9.53 Å². The van der Waals surface area contributed by atoms with Crippen molar-refractivity contribution in [3.8, 4) is 0 Å². The first-order valence-corrected chi connectivity index (χ1v) is 10.1. The van der Waals surface area contributed by atoms with Gasteiger partial charge in [-0.3, -0.25) is 0 Å². The molecule has 0 saturated carbocycles. The number of carbonyl (C=O) groups is 1. The highest BCUT2D eigenvalue weighted by Gasteiger charge is 2.17. The van der Waals surface area contributed by atoms with Gasteiger partial charge in [0.25, 0.3) is 0 Å². The summed E-state index contributed by atoms with van der Waals surface area (Å²) in [6.07, 6.45) is 5.66. The lowest BCUT2D eigenvalue weighted by Crippen LogP contribution is -2.15. The van der Waals surface area contributed by atoms with Gasteiger partial charge >= 0.3 is 5.97 Å². The molecule has 0 fully saturated rings. The summed E-state index contributed by atoms with van der Waals surface area (Å²) in [6, 6.07) is 18.7. The van der Waals surface area contributed by atoms with Gasteiger partial charge in [-0.15, -0.1) is 0 Å². The van der Waals surface area contributed by atoms with Crippen molar-refractivity contribution in [3.05, 3.63) is 60.2 Å². The van der Waals surface area contributed by atoms with Crippen LogP contribution < -0.4 is 0 Å². The molecule has 1 atom stereocenters. The van der Waals surface area contributed by atoms with Gasteiger partial charge in [-0.2, -0.15) is 0 Å². The van der Waals surface area contributed by atoms with E-state index in [4.69, 9.17) is 4.74 Å². The number of ether oxygens (including phenoxy) is 1. The molecule has 0 unspecified atom stereocenters. The summed E-state index contributed by atoms with van der Waals surface area (Å²) < 4.78 is 5.77. The lowest BCUT2D eigenvalue weighted by atomic mass is 9.92. The highest BCUT2D eigenvalue weighted by molar-refractivity contribution is 6.25. The zero-order valence-corrected chi connectivity index (χ0v) is 16.1. The van der Waals surface area contributed by atoms with E-state index in [0.29, 0.717) is 5.56 Å². The SMILES string of the molecule is CCCCCC[C@@H](C)OC(=O)c1ccc2ccc3cccc4ccc1c2c34. The van der Waals surface area contributed by atoms with Gasteiger partial charge in [0.05, 0.1) is 11.7 Å². The summed E-state index contributed by atoms with van der Waals surface area (Å²) in [7, 11) is 0. The summed E-state index contributed by atoms with van der Waals surface area (Å²) in [6.45, 7) is 4.21. The molecule has 0 saturated heterocycles. The van der Waals surface area contributed by atoms with Crippen LogP contribution >= 0.6 is 0 Å². The van der Waals surface area contributed by atoms with Gasteiger partial charge in [-0.05, 0) is 58.1 Å². The minimum absolute atomic E-state index is 0.0482. The Balaban J connectivity index is 1.67. The van der Waals surface area contributed by atoms with Crippen molar-refractivity contribution in [3.63, 3.8) is 0 Å². The van der Waals surface area contributed by atoms with E-state index in [1.165, 1.54) is 40.8 Å². The van der Waals surface area contributed by atoms with Gasteiger partial charge in [0.15, 0.2) is 0 Å². The van der Waals surface area contributed by atoms with Crippen LogP contribution in [0, 0.1) is 0 Å². The molecule has 27 heavy (non-hydrogen) atoms. The summed E-state index contributed by atoms with van der Waals surface area (Å²) >= 11 is 0. The molecule has 0 heterocycles. The minimum atomic E-state index is -0.212. The van der Waals surface area contributed by atoms with Crippen LogP contribution in [0.2, 0.25) is 0 Å². The van der Waals surface area contributed by atoms with Gasteiger partial charge in [0.1, 0.15) is 0 Å². The van der Waals surface area contributed by atoms with Crippen molar-refractivity contribution >= 4 is 38.3 Å². The predicted molar refractivity (Wildman–Crippen MR) is 114 cm³/mol. The molecule has 0 N–H and O–H groups in total. The maximum Gasteiger partial charge on any atom is 0.339 e. The van der Waals surface area contributed by atoms with E-state index in [-0.39, 0.29) is 12.1 Å². The summed E-state index contributed by atoms with van der Waals surface area (Å²) in [5, 5.41) is 6.96. The van der Waals surface area contributed by atoms with Crippen molar-refractivity contribution in [1.29, 1.82) is 0 Å². The molecule has 0 aliphatic carbocycles. The van der Waals surface area contributed by atoms with Gasteiger partial charge in [0, 0.05) is 0 Å². The fraction of sp³-hybridized carbons (Fsp3) is 0.320. The molecule has 2 nitrogen and oxygen atoms in total. The maximum atomic E-state index is 12.9. The first kappa shape index (κ1) is 17.8. The molecule has 0 amide bonds. The second-order valence-corrected chi connectivity index (χ2v) is 7.53. The molecular formula is C25H26O2. The van der Waals surface area contributed by atoms with Crippen LogP contribution in [0.3, 0.4) is 0 Å². The number of hydrogen-bond donors (Lipinski definition) is 0. The lowest BCUT2D eigenvalue weighted by molar-refractivity contribution is 0.0322. The Bertz CT molecular complexity index is 1060. The standard InChI is InChI=1S/C25H26O2/c1-3-4-5-6-8-17(2)27-25(26)22-16-14-20-12-11-18-9-7-10-19-13-15-21(22)24(20)23(18)19/h7,9-17H,3-6,8H2,1-2H3/t17-/m1/s1. The summed E-state index contributed by atoms with van der Waals surface area (Å²) in [5.41, 5.74) is 0.668. The van der Waals surface area contributed by atoms with Crippen LogP contribution in [0.15, 0.2) is 54.6 Å². The molecule has 4 aromatic carbocycles. The summed E-state index contributed by atoms with van der Waals surface area (Å²) in [5.74, 6) is -0.212. The Morgan fingerprint density at radius 2 is 1.52 bits per heavy atom. The molecule has 138 valence electrons. The monoisotopic (exact) mass is 358 g/mol. The average molecular weight is 358 g/mol. The van der Waals surface area contributed by atoms with Crippen molar-refractivity contribution in [2.45, 2.75) is 52.1 Å². The van der Waals surface area contributed by atoms with Crippen molar-refractivity contribution in [2.24, 2.45) is 0 Å². The molecule has 0 aliphatic rings. The van der Waals surface area contributed by atoms with Gasteiger partial charge in [-0.1, -0.05) is 74.7 Å². The van der Waals surface area contributed by atoms with Crippen LogP contribution in [-0.4, -0.2) is 12.1 Å². The first-order valence-electron chi connectivity index (χ1n) is 10.1. The number of benzene rings is 4. The fourth-order valence-electron chi connectivity index (χ4n) is 4.08. The van der Waals surface area contributed by atoms with Crippen LogP contribution in [-0.2, 0) is 4.74 Å². The van der Waals surface area contributed by atoms with Crippen LogP contribution in [0.1, 0.15) is 56.3 Å². The molecule has 0 radical (unpaired) electrons. The number of unbranched alkanes of at least 4 members (excludes halogenated alkanes) is 3. The molecule has 4 aromatic rings. The lowest BCUT2D eigenvalue weighted by Gasteiger charge is -2.16. The Kier molecular flexibility index (Phi) is 4.98. The van der Waals surface area contributed by atoms with Gasteiger partial charge in [-0.25, -0.2) is 4.79 Å². The van der Waals surface area contributed by atoms with E-state index in [1.807, 2.05) is 19.1 Å². The zero-order valence-electron chi connectivity index (χ0n) is 16.1. The second-order valence-electron chi connectivity index (χ2n) is 7.53. The van der Waals surface area contributed by atoms with Crippen LogP contribution in [0.5, 0.6) is 0 Å². The Morgan fingerprint density at radius 3 is 2.26 bits per heavy atom. The van der Waals surface area contributed by atoms with Crippen LogP contribution in [0.25, 0.3) is 32.3 Å². The Hall–Kier alpha value is -2.61. The van der Waals surface area contributed by atoms with Crippen molar-refractivity contribution in [2.75, 3.05) is 0 Å². The smallest absolute Gasteiger partial charge is 0.339 e. The normalized spacial score (nSPS) is 12.8. The van der Waals surface area contributed by atoms with E-state index in [0.717, 1.165) is 23.6 Å². The number of rotatable bonds is 7. The number of carbonyl (C=O) groups excluding carboxylic acids is 1. The second kappa shape index (κ2) is 7.56. The Morgan fingerprint density at radius 1 is 0.852 bits per heavy atom. The maximum absolute atomic E-state index is 12.9. The third-order valence-electron chi connectivity index (χ3n) is 5.52. The largest absolute Gasteiger partial charge is 0.459 e. The number of esters is 1. The highest BCUT2D eigenvalue weighted by Crippen LogP contribution is 2.36. The van der Waals surface area contributed by atoms with Crippen molar-refractivity contribution in [1.82, 2.24) is 0 Å². The Labute approximate surface area is 160 Å². The fourth-order valence-corrected chi connectivity index (χ4v) is 4.08. The first-order chi connectivity index (χ1) is 13.2. The highest BCUT2D eigenvalue weighted by atomic mass is 16.5. The predicted octanol–water partition coefficient (Wildman–Crippen LogP) is 7.10. The molecule has 0 bridgehead atoms. The zero-order chi connectivity index (χ0) is 18.8. The molecule has 0 aromatic heterocycles. The van der Waals surface area contributed by atoms with Gasteiger partial charge < -0.3 is 4.74 Å². The van der Waals surface area contributed by atoms with Gasteiger partial charge in [0.2, 0.25) is 0 Å². The topological polar surface area (TPSA) is 26.3 Å². The average Bonchev–Trinajstić information content (AvgIpc) is 2.69. The molecular weight excluding hydrogens is 332 g/mol.